The van der Waals surface area contributed by atoms with Gasteiger partial charge in [-0.2, -0.15) is 0 Å². The van der Waals surface area contributed by atoms with Gasteiger partial charge in [0.15, 0.2) is 5.96 Å². The number of methoxy groups -OCH3 is 2. The van der Waals surface area contributed by atoms with Gasteiger partial charge in [-0.25, -0.2) is 0 Å². The Morgan fingerprint density at radius 1 is 1.16 bits per heavy atom. The lowest BCUT2D eigenvalue weighted by atomic mass is 10.1. The zero-order valence-corrected chi connectivity index (χ0v) is 22.9. The summed E-state index contributed by atoms with van der Waals surface area (Å²) in [6, 6.07) is 5.93. The molecule has 1 saturated heterocycles. The number of ether oxygens (including phenoxy) is 2. The van der Waals surface area contributed by atoms with Crippen LogP contribution in [0.25, 0.3) is 0 Å². The third-order valence-corrected chi connectivity index (χ3v) is 7.03. The van der Waals surface area contributed by atoms with E-state index in [1.807, 2.05) is 39.0 Å². The molecule has 0 amide bonds. The summed E-state index contributed by atoms with van der Waals surface area (Å²) >= 11 is 0. The minimum atomic E-state index is -0.881. The van der Waals surface area contributed by atoms with E-state index < -0.39 is 10.8 Å². The maximum Gasteiger partial charge on any atom is 0.194 e. The first-order valence-corrected chi connectivity index (χ1v) is 11.9. The Hall–Kier alpha value is -1.07. The monoisotopic (exact) mass is 566 g/mol. The minimum Gasteiger partial charge on any atom is -0.497 e. The Bertz CT molecular complexity index is 732. The molecule has 1 atom stereocenters. The molecule has 31 heavy (non-hydrogen) atoms. The van der Waals surface area contributed by atoms with Crippen molar-refractivity contribution < 1.29 is 13.7 Å². The van der Waals surface area contributed by atoms with Gasteiger partial charge in [0, 0.05) is 66.1 Å². The molecule has 7 nitrogen and oxygen atoms in total. The molecule has 1 aromatic carbocycles. The average Bonchev–Trinajstić information content (AvgIpc) is 2.73. The molecule has 9 heteroatoms. The van der Waals surface area contributed by atoms with Crippen molar-refractivity contribution in [2.24, 2.45) is 4.99 Å². The molecule has 2 rings (SSSR count). The molecule has 0 bridgehead atoms. The lowest BCUT2D eigenvalue weighted by Crippen LogP contribution is -2.52. The second kappa shape index (κ2) is 13.5. The highest BCUT2D eigenvalue weighted by Gasteiger charge is 2.22. The van der Waals surface area contributed by atoms with Crippen molar-refractivity contribution >= 4 is 40.7 Å². The van der Waals surface area contributed by atoms with Gasteiger partial charge in [-0.1, -0.05) is 0 Å². The molecule has 0 aliphatic carbocycles. The van der Waals surface area contributed by atoms with Crippen LogP contribution >= 0.6 is 24.0 Å². The van der Waals surface area contributed by atoms with Crippen LogP contribution in [0.15, 0.2) is 23.2 Å². The Morgan fingerprint density at radius 3 is 2.39 bits per heavy atom. The van der Waals surface area contributed by atoms with Gasteiger partial charge in [0.05, 0.1) is 20.8 Å². The molecular weight excluding hydrogens is 527 g/mol. The van der Waals surface area contributed by atoms with Gasteiger partial charge in [-0.15, -0.1) is 24.0 Å². The first-order valence-electron chi connectivity index (χ1n) is 10.6. The number of piperazine rings is 1. The van der Waals surface area contributed by atoms with Crippen molar-refractivity contribution in [2.75, 3.05) is 59.2 Å². The number of hydrogen-bond acceptors (Lipinski definition) is 5. The number of nitrogens with zero attached hydrogens (tertiary/aromatic N) is 3. The Labute approximate surface area is 207 Å². The summed E-state index contributed by atoms with van der Waals surface area (Å²) in [4.78, 5) is 9.45. The second-order valence-corrected chi connectivity index (χ2v) is 10.7. The van der Waals surface area contributed by atoms with E-state index in [2.05, 4.69) is 22.0 Å². The van der Waals surface area contributed by atoms with E-state index in [4.69, 9.17) is 14.5 Å². The quantitative estimate of drug-likeness (QED) is 0.297. The molecule has 1 aliphatic rings. The van der Waals surface area contributed by atoms with Gasteiger partial charge in [-0.05, 0) is 45.9 Å². The maximum atomic E-state index is 12.3. The third kappa shape index (κ3) is 8.76. The number of rotatable bonds is 8. The molecule has 1 unspecified atom stereocenters. The highest BCUT2D eigenvalue weighted by atomic mass is 127. The maximum absolute atomic E-state index is 12.3. The second-order valence-electron chi connectivity index (χ2n) is 8.34. The minimum absolute atomic E-state index is 0. The van der Waals surface area contributed by atoms with Crippen LogP contribution < -0.4 is 14.8 Å². The molecule has 1 N–H and O–H groups in total. The van der Waals surface area contributed by atoms with Gasteiger partial charge in [0.25, 0.3) is 0 Å². The molecule has 178 valence electrons. The van der Waals surface area contributed by atoms with Gasteiger partial charge in [0.1, 0.15) is 11.5 Å². The van der Waals surface area contributed by atoms with Crippen molar-refractivity contribution in [3.8, 4) is 11.5 Å². The zero-order valence-electron chi connectivity index (χ0n) is 19.8. The summed E-state index contributed by atoms with van der Waals surface area (Å²) in [5, 5.41) is 3.38. The van der Waals surface area contributed by atoms with Gasteiger partial charge in [-0.3, -0.25) is 14.1 Å². The molecular formula is C22H39IN4O3S. The summed E-state index contributed by atoms with van der Waals surface area (Å²) in [6.07, 6.45) is 0. The molecule has 0 aromatic heterocycles. The Kier molecular flexibility index (Phi) is 12.2. The summed E-state index contributed by atoms with van der Waals surface area (Å²) in [5.41, 5.74) is 1.13. The van der Waals surface area contributed by atoms with Gasteiger partial charge >= 0.3 is 0 Å². The van der Waals surface area contributed by atoms with Crippen molar-refractivity contribution in [1.29, 1.82) is 0 Å². The lowest BCUT2D eigenvalue weighted by Gasteiger charge is -2.36. The van der Waals surface area contributed by atoms with E-state index in [1.165, 1.54) is 0 Å². The van der Waals surface area contributed by atoms with Crippen LogP contribution in [0, 0.1) is 0 Å². The predicted molar refractivity (Wildman–Crippen MR) is 141 cm³/mol. The predicted octanol–water partition coefficient (Wildman–Crippen LogP) is 2.95. The van der Waals surface area contributed by atoms with Crippen LogP contribution in [0.3, 0.4) is 0 Å². The van der Waals surface area contributed by atoms with E-state index in [1.54, 1.807) is 14.2 Å². The van der Waals surface area contributed by atoms with Gasteiger partial charge < -0.3 is 19.7 Å². The summed E-state index contributed by atoms with van der Waals surface area (Å²) in [6.45, 7) is 14.0. The first-order chi connectivity index (χ1) is 14.3. The van der Waals surface area contributed by atoms with Crippen molar-refractivity contribution in [2.45, 2.75) is 39.0 Å². The van der Waals surface area contributed by atoms with E-state index in [-0.39, 0.29) is 28.7 Å². The molecule has 0 saturated carbocycles. The van der Waals surface area contributed by atoms with Gasteiger partial charge in [0.2, 0.25) is 0 Å². The van der Waals surface area contributed by atoms with Crippen molar-refractivity contribution in [3.05, 3.63) is 23.8 Å². The standard InChI is InChI=1S/C22H38N4O3S.HI/c1-7-23-21(24-10-15-30(27)22(2,3)4)26-13-11-25(12-14-26)17-18-16-19(28-5)8-9-20(18)29-6;/h8-9,16H,7,10-15,17H2,1-6H3,(H,23,24);1H. The highest BCUT2D eigenvalue weighted by Crippen LogP contribution is 2.25. The summed E-state index contributed by atoms with van der Waals surface area (Å²) in [5.74, 6) is 3.24. The first kappa shape index (κ1) is 28.0. The average molecular weight is 567 g/mol. The molecule has 0 spiro atoms. The van der Waals surface area contributed by atoms with E-state index in [0.717, 1.165) is 62.3 Å². The van der Waals surface area contributed by atoms with Crippen molar-refractivity contribution in [1.82, 2.24) is 15.1 Å². The molecule has 1 heterocycles. The molecule has 1 fully saturated rings. The number of aliphatic imine (C=N–C) groups is 1. The fraction of sp³-hybridized carbons (Fsp3) is 0.682. The number of halogens is 1. The molecule has 0 radical (unpaired) electrons. The topological polar surface area (TPSA) is 66.4 Å². The van der Waals surface area contributed by atoms with E-state index in [0.29, 0.717) is 12.3 Å². The number of nitrogens with one attached hydrogen (secondary N) is 1. The van der Waals surface area contributed by atoms with Crippen molar-refractivity contribution in [3.63, 3.8) is 0 Å². The lowest BCUT2D eigenvalue weighted by molar-refractivity contribution is 0.171. The third-order valence-electron chi connectivity index (χ3n) is 5.11. The van der Waals surface area contributed by atoms with Crippen LogP contribution in [0.2, 0.25) is 0 Å². The zero-order chi connectivity index (χ0) is 22.1. The van der Waals surface area contributed by atoms with Crippen LogP contribution in [0.1, 0.15) is 33.3 Å². The molecule has 1 aliphatic heterocycles. The number of hydrogen-bond donors (Lipinski definition) is 1. The smallest absolute Gasteiger partial charge is 0.194 e. The van der Waals surface area contributed by atoms with Crippen LogP contribution in [-0.4, -0.2) is 84.0 Å². The van der Waals surface area contributed by atoms with Crippen LogP contribution in [0.4, 0.5) is 0 Å². The fourth-order valence-corrected chi connectivity index (χ4v) is 4.20. The van der Waals surface area contributed by atoms with E-state index in [9.17, 15) is 4.21 Å². The van der Waals surface area contributed by atoms with E-state index >= 15 is 0 Å². The van der Waals surface area contributed by atoms with Crippen LogP contribution in [-0.2, 0) is 17.3 Å². The fourth-order valence-electron chi connectivity index (χ4n) is 3.33. The summed E-state index contributed by atoms with van der Waals surface area (Å²) < 4.78 is 23.0. The Morgan fingerprint density at radius 2 is 1.84 bits per heavy atom. The largest absolute Gasteiger partial charge is 0.497 e. The normalized spacial score (nSPS) is 16.5. The SMILES string of the molecule is CCNC(=NCCS(=O)C(C)(C)C)N1CCN(Cc2cc(OC)ccc2OC)CC1.I. The summed E-state index contributed by atoms with van der Waals surface area (Å²) in [7, 11) is 2.51. The number of guanidine groups is 1. The van der Waals surface area contributed by atoms with Crippen LogP contribution in [0.5, 0.6) is 11.5 Å². The molecule has 1 aromatic rings. The number of benzene rings is 1. The highest BCUT2D eigenvalue weighted by molar-refractivity contribution is 14.0. The Balaban J connectivity index is 0.00000480.